The van der Waals surface area contributed by atoms with Crippen LogP contribution in [0.5, 0.6) is 0 Å². The van der Waals surface area contributed by atoms with E-state index in [-0.39, 0.29) is 22.4 Å². The van der Waals surface area contributed by atoms with Gasteiger partial charge in [0.1, 0.15) is 0 Å². The molecule has 3 N–H and O–H groups in total. The first-order chi connectivity index (χ1) is 1.73. The molecule has 0 atom stereocenters. The summed E-state index contributed by atoms with van der Waals surface area (Å²) in [4.78, 5) is 21.7. The molecular formula is H3O3PTa. The summed E-state index contributed by atoms with van der Waals surface area (Å²) in [5, 5.41) is 0. The molecule has 0 bridgehead atoms. The SMILES string of the molecule is OP(O)O.[Ta]. The van der Waals surface area contributed by atoms with Crippen LogP contribution in [-0.2, 0) is 22.4 Å². The molecule has 0 amide bonds. The van der Waals surface area contributed by atoms with Crippen molar-refractivity contribution in [3.05, 3.63) is 0 Å². The average Bonchev–Trinajstić information content (AvgIpc) is 0.811. The Morgan fingerprint density at radius 3 is 1.00 bits per heavy atom. The smallest absolute Gasteiger partial charge is 0.324 e. The Kier molecular flexibility index (Phi) is 9.50. The summed E-state index contributed by atoms with van der Waals surface area (Å²) >= 11 is 0. The van der Waals surface area contributed by atoms with Crippen molar-refractivity contribution in [3.8, 4) is 0 Å². The average molecular weight is 263 g/mol. The largest absolute Gasteiger partial charge is 0.328 e. The minimum absolute atomic E-state index is 0. The first-order valence-corrected chi connectivity index (χ1v) is 1.80. The Bertz CT molecular complexity index is 11.6. The zero-order valence-electron chi connectivity index (χ0n) is 2.24. The second kappa shape index (κ2) is 5.05. The molecule has 1 radical (unpaired) electrons. The molecule has 0 spiro atoms. The van der Waals surface area contributed by atoms with Crippen LogP contribution in [0.4, 0.5) is 0 Å². The molecule has 0 aromatic rings. The van der Waals surface area contributed by atoms with E-state index in [2.05, 4.69) is 0 Å². The van der Waals surface area contributed by atoms with Crippen molar-refractivity contribution in [2.24, 2.45) is 0 Å². The molecule has 0 aromatic carbocycles. The molecular weight excluding hydrogens is 260 g/mol. The third kappa shape index (κ3) is 42.6. The monoisotopic (exact) mass is 263 g/mol. The molecule has 0 heterocycles. The minimum atomic E-state index is -2.62. The standard InChI is InChI=1S/H3O3P.Ta/c1-4(2)3;/h1-3H;. The molecule has 5 heavy (non-hydrogen) atoms. The first-order valence-electron chi connectivity index (χ1n) is 0.600. The maximum atomic E-state index is 7.23. The van der Waals surface area contributed by atoms with Gasteiger partial charge in [-0.2, -0.15) is 0 Å². The van der Waals surface area contributed by atoms with Gasteiger partial charge in [-0.15, -0.1) is 0 Å². The van der Waals surface area contributed by atoms with Gasteiger partial charge in [0.15, 0.2) is 0 Å². The van der Waals surface area contributed by atoms with E-state index in [4.69, 9.17) is 14.7 Å². The van der Waals surface area contributed by atoms with Crippen LogP contribution in [0.1, 0.15) is 0 Å². The first kappa shape index (κ1) is 9.41. The van der Waals surface area contributed by atoms with E-state index in [1.807, 2.05) is 0 Å². The topological polar surface area (TPSA) is 60.7 Å². The summed E-state index contributed by atoms with van der Waals surface area (Å²) in [6.07, 6.45) is 0. The van der Waals surface area contributed by atoms with Crippen molar-refractivity contribution >= 4 is 8.60 Å². The van der Waals surface area contributed by atoms with Gasteiger partial charge >= 0.3 is 8.60 Å². The fourth-order valence-corrected chi connectivity index (χ4v) is 0. The molecule has 0 aromatic heterocycles. The molecule has 31 valence electrons. The Hall–Kier alpha value is 1.05. The summed E-state index contributed by atoms with van der Waals surface area (Å²) in [6, 6.07) is 0. The van der Waals surface area contributed by atoms with Crippen LogP contribution in [0.15, 0.2) is 0 Å². The minimum Gasteiger partial charge on any atom is -0.328 e. The predicted molar refractivity (Wildman–Crippen MR) is 13.6 cm³/mol. The van der Waals surface area contributed by atoms with E-state index in [1.54, 1.807) is 0 Å². The number of hydrogen-bond donors (Lipinski definition) is 3. The molecule has 0 unspecified atom stereocenters. The fraction of sp³-hybridized carbons (Fsp3) is 0. The van der Waals surface area contributed by atoms with E-state index in [1.165, 1.54) is 0 Å². The molecule has 0 fully saturated rings. The van der Waals surface area contributed by atoms with E-state index < -0.39 is 8.60 Å². The van der Waals surface area contributed by atoms with Gasteiger partial charge in [0, 0.05) is 22.4 Å². The third-order valence-electron chi connectivity index (χ3n) is 0. The fourth-order valence-electron chi connectivity index (χ4n) is 0. The Labute approximate surface area is 46.2 Å². The van der Waals surface area contributed by atoms with Crippen LogP contribution in [0, 0.1) is 0 Å². The summed E-state index contributed by atoms with van der Waals surface area (Å²) in [6.45, 7) is 0. The van der Waals surface area contributed by atoms with Crippen LogP contribution in [0.3, 0.4) is 0 Å². The van der Waals surface area contributed by atoms with Gasteiger partial charge in [0.05, 0.1) is 0 Å². The van der Waals surface area contributed by atoms with Crippen LogP contribution < -0.4 is 0 Å². The molecule has 0 aliphatic rings. The molecule has 5 heteroatoms. The quantitative estimate of drug-likeness (QED) is 0.501. The molecule has 3 nitrogen and oxygen atoms in total. The van der Waals surface area contributed by atoms with Gasteiger partial charge in [-0.1, -0.05) is 0 Å². The summed E-state index contributed by atoms with van der Waals surface area (Å²) < 4.78 is 0. The van der Waals surface area contributed by atoms with Crippen LogP contribution in [0.2, 0.25) is 0 Å². The molecule has 0 aliphatic heterocycles. The van der Waals surface area contributed by atoms with Crippen molar-refractivity contribution in [1.82, 2.24) is 0 Å². The Morgan fingerprint density at radius 2 is 1.00 bits per heavy atom. The Morgan fingerprint density at radius 1 is 1.00 bits per heavy atom. The summed E-state index contributed by atoms with van der Waals surface area (Å²) in [5.41, 5.74) is 0. The van der Waals surface area contributed by atoms with Gasteiger partial charge in [0.2, 0.25) is 0 Å². The van der Waals surface area contributed by atoms with E-state index in [0.29, 0.717) is 0 Å². The zero-order chi connectivity index (χ0) is 3.58. The van der Waals surface area contributed by atoms with Gasteiger partial charge in [0.25, 0.3) is 0 Å². The maximum absolute atomic E-state index is 7.23. The van der Waals surface area contributed by atoms with Gasteiger partial charge < -0.3 is 14.7 Å². The van der Waals surface area contributed by atoms with Crippen molar-refractivity contribution in [2.75, 3.05) is 0 Å². The van der Waals surface area contributed by atoms with Crippen molar-refractivity contribution in [1.29, 1.82) is 0 Å². The van der Waals surface area contributed by atoms with E-state index >= 15 is 0 Å². The van der Waals surface area contributed by atoms with E-state index in [0.717, 1.165) is 0 Å². The van der Waals surface area contributed by atoms with Gasteiger partial charge in [-0.3, -0.25) is 0 Å². The maximum Gasteiger partial charge on any atom is 0.324 e. The van der Waals surface area contributed by atoms with Gasteiger partial charge in [-0.05, 0) is 0 Å². The van der Waals surface area contributed by atoms with Crippen molar-refractivity contribution in [2.45, 2.75) is 0 Å². The van der Waals surface area contributed by atoms with E-state index in [9.17, 15) is 0 Å². The van der Waals surface area contributed by atoms with Crippen LogP contribution in [-0.4, -0.2) is 14.7 Å². The van der Waals surface area contributed by atoms with Crippen molar-refractivity contribution in [3.63, 3.8) is 0 Å². The number of hydrogen-bond acceptors (Lipinski definition) is 3. The van der Waals surface area contributed by atoms with Crippen LogP contribution in [0.25, 0.3) is 0 Å². The third-order valence-corrected chi connectivity index (χ3v) is 0. The predicted octanol–water partition coefficient (Wildman–Crippen LogP) is -0.812. The second-order valence-corrected chi connectivity index (χ2v) is 0.805. The number of rotatable bonds is 0. The normalized spacial score (nSPS) is 7.20. The van der Waals surface area contributed by atoms with Crippen LogP contribution >= 0.6 is 8.60 Å². The Balaban J connectivity index is 0. The van der Waals surface area contributed by atoms with Gasteiger partial charge in [-0.25, -0.2) is 0 Å². The second-order valence-electron chi connectivity index (χ2n) is 0.268. The molecule has 0 saturated carbocycles. The van der Waals surface area contributed by atoms with Crippen molar-refractivity contribution < 1.29 is 37.1 Å². The molecule has 0 aliphatic carbocycles. The molecule has 0 saturated heterocycles. The summed E-state index contributed by atoms with van der Waals surface area (Å²) in [5.74, 6) is 0. The summed E-state index contributed by atoms with van der Waals surface area (Å²) in [7, 11) is -2.62. The zero-order valence-corrected chi connectivity index (χ0v) is 6.34. The molecule has 0 rings (SSSR count).